The maximum atomic E-state index is 12.0. The SMILES string of the molecule is CN(c1cc2cc(c1)C(O)N[C@H](CN)Cc1cccc(c1)CCCO2)S(C)(=O)=O. The van der Waals surface area contributed by atoms with Crippen LogP contribution in [0.1, 0.15) is 29.3 Å². The predicted octanol–water partition coefficient (Wildman–Crippen LogP) is 1.56. The first-order valence-corrected chi connectivity index (χ1v) is 11.5. The van der Waals surface area contributed by atoms with E-state index in [0.29, 0.717) is 36.6 Å². The summed E-state index contributed by atoms with van der Waals surface area (Å²) >= 11 is 0. The number of fused-ring (bicyclic) bond motifs is 4. The van der Waals surface area contributed by atoms with Gasteiger partial charge in [-0.2, -0.15) is 0 Å². The molecule has 0 aromatic heterocycles. The summed E-state index contributed by atoms with van der Waals surface area (Å²) in [5, 5.41) is 13.9. The highest BCUT2D eigenvalue weighted by molar-refractivity contribution is 7.92. The Kier molecular flexibility index (Phi) is 6.79. The van der Waals surface area contributed by atoms with Crippen LogP contribution < -0.4 is 20.1 Å². The molecule has 1 aliphatic rings. The van der Waals surface area contributed by atoms with Gasteiger partial charge in [-0.25, -0.2) is 8.42 Å². The zero-order valence-electron chi connectivity index (χ0n) is 16.8. The second-order valence-electron chi connectivity index (χ2n) is 7.47. The van der Waals surface area contributed by atoms with Crippen molar-refractivity contribution in [2.24, 2.45) is 5.73 Å². The first-order chi connectivity index (χ1) is 13.8. The molecule has 0 saturated heterocycles. The Morgan fingerprint density at radius 3 is 2.72 bits per heavy atom. The number of rotatable bonds is 3. The fourth-order valence-corrected chi connectivity index (χ4v) is 3.90. The number of hydrogen-bond donors (Lipinski definition) is 3. The number of aliphatic hydroxyl groups is 1. The third-order valence-corrected chi connectivity index (χ3v) is 6.33. The van der Waals surface area contributed by atoms with Crippen LogP contribution in [0.15, 0.2) is 42.5 Å². The number of aryl methyl sites for hydroxylation is 1. The molecule has 2 aromatic rings. The van der Waals surface area contributed by atoms with Crippen LogP contribution >= 0.6 is 0 Å². The van der Waals surface area contributed by atoms with Crippen LogP contribution in [0, 0.1) is 0 Å². The zero-order chi connectivity index (χ0) is 21.0. The van der Waals surface area contributed by atoms with E-state index in [1.165, 1.54) is 16.9 Å². The van der Waals surface area contributed by atoms with Crippen molar-refractivity contribution in [2.75, 3.05) is 30.8 Å². The maximum absolute atomic E-state index is 12.0. The molecule has 8 heteroatoms. The van der Waals surface area contributed by atoms with Crippen LogP contribution in [0.2, 0.25) is 0 Å². The molecule has 7 nitrogen and oxygen atoms in total. The summed E-state index contributed by atoms with van der Waals surface area (Å²) in [6.07, 6.45) is 2.52. The number of ether oxygens (including phenoxy) is 1. The lowest BCUT2D eigenvalue weighted by molar-refractivity contribution is 0.123. The predicted molar refractivity (Wildman–Crippen MR) is 115 cm³/mol. The number of hydrogen-bond acceptors (Lipinski definition) is 6. The first-order valence-electron chi connectivity index (χ1n) is 9.70. The van der Waals surface area contributed by atoms with Crippen LogP contribution in [-0.2, 0) is 22.9 Å². The highest BCUT2D eigenvalue weighted by atomic mass is 32.2. The average Bonchev–Trinajstić information content (AvgIpc) is 2.69. The van der Waals surface area contributed by atoms with E-state index >= 15 is 0 Å². The molecule has 1 heterocycles. The average molecular weight is 420 g/mol. The van der Waals surface area contributed by atoms with Crippen molar-refractivity contribution in [3.63, 3.8) is 0 Å². The van der Waals surface area contributed by atoms with Crippen molar-refractivity contribution >= 4 is 15.7 Å². The molecule has 0 amide bonds. The molecule has 4 bridgehead atoms. The van der Waals surface area contributed by atoms with Gasteiger partial charge in [-0.15, -0.1) is 0 Å². The minimum atomic E-state index is -3.44. The van der Waals surface area contributed by atoms with Gasteiger partial charge in [-0.1, -0.05) is 24.3 Å². The number of benzene rings is 2. The zero-order valence-corrected chi connectivity index (χ0v) is 17.7. The van der Waals surface area contributed by atoms with E-state index in [4.69, 9.17) is 10.5 Å². The summed E-state index contributed by atoms with van der Waals surface area (Å²) < 4.78 is 31.0. The number of nitrogens with two attached hydrogens (primary N) is 1. The number of anilines is 1. The molecule has 4 N–H and O–H groups in total. The van der Waals surface area contributed by atoms with E-state index in [9.17, 15) is 13.5 Å². The molecule has 0 fully saturated rings. The monoisotopic (exact) mass is 419 g/mol. The third kappa shape index (κ3) is 5.70. The van der Waals surface area contributed by atoms with E-state index in [2.05, 4.69) is 23.5 Å². The standard InChI is InChI=1S/C21H29N3O4S/c1-24(29(2,26)27)19-11-17-12-20(13-19)28-8-4-7-15-5-3-6-16(9-15)10-18(14-22)23-21(17)25/h3,5-6,9,11-13,18,21,23,25H,4,7-8,10,14,22H2,1-2H3/t18-,21?/m0/s1. The van der Waals surface area contributed by atoms with E-state index in [-0.39, 0.29) is 6.04 Å². The van der Waals surface area contributed by atoms with Crippen LogP contribution in [0.4, 0.5) is 5.69 Å². The second kappa shape index (κ2) is 9.13. The van der Waals surface area contributed by atoms with Crippen molar-refractivity contribution in [2.45, 2.75) is 31.5 Å². The van der Waals surface area contributed by atoms with Crippen LogP contribution in [0.5, 0.6) is 5.75 Å². The number of sulfonamides is 1. The molecule has 158 valence electrons. The van der Waals surface area contributed by atoms with E-state index in [1.54, 1.807) is 18.2 Å². The molecule has 0 saturated carbocycles. The number of aliphatic hydroxyl groups excluding tert-OH is 1. The molecule has 2 atom stereocenters. The molecule has 0 spiro atoms. The Morgan fingerprint density at radius 2 is 2.00 bits per heavy atom. The lowest BCUT2D eigenvalue weighted by Gasteiger charge is -2.25. The van der Waals surface area contributed by atoms with E-state index in [0.717, 1.165) is 24.7 Å². The molecule has 2 aromatic carbocycles. The molecule has 0 aliphatic carbocycles. The summed E-state index contributed by atoms with van der Waals surface area (Å²) in [5.74, 6) is 0.518. The van der Waals surface area contributed by atoms with Gasteiger partial charge < -0.3 is 15.6 Å². The van der Waals surface area contributed by atoms with Crippen molar-refractivity contribution < 1.29 is 18.3 Å². The molecular weight excluding hydrogens is 390 g/mol. The summed E-state index contributed by atoms with van der Waals surface area (Å²) in [7, 11) is -1.97. The molecular formula is C21H29N3O4S. The van der Waals surface area contributed by atoms with Gasteiger partial charge in [-0.05, 0) is 42.5 Å². The normalized spacial score (nSPS) is 20.4. The topological polar surface area (TPSA) is 105 Å². The van der Waals surface area contributed by atoms with Gasteiger partial charge >= 0.3 is 0 Å². The van der Waals surface area contributed by atoms with Crippen molar-refractivity contribution in [3.05, 3.63) is 59.2 Å². The molecule has 0 radical (unpaired) electrons. The summed E-state index contributed by atoms with van der Waals surface area (Å²) in [6.45, 7) is 0.845. The van der Waals surface area contributed by atoms with Crippen LogP contribution in [-0.4, -0.2) is 46.0 Å². The maximum Gasteiger partial charge on any atom is 0.231 e. The van der Waals surface area contributed by atoms with E-state index in [1.807, 2.05) is 6.07 Å². The van der Waals surface area contributed by atoms with Gasteiger partial charge in [0.1, 0.15) is 12.0 Å². The van der Waals surface area contributed by atoms with E-state index < -0.39 is 16.3 Å². The van der Waals surface area contributed by atoms with Gasteiger partial charge in [0.25, 0.3) is 0 Å². The Labute approximate surface area is 172 Å². The second-order valence-corrected chi connectivity index (χ2v) is 9.48. The Hall–Kier alpha value is -2.13. The highest BCUT2D eigenvalue weighted by Crippen LogP contribution is 2.28. The first kappa shape index (κ1) is 21.6. The fourth-order valence-electron chi connectivity index (χ4n) is 3.41. The summed E-state index contributed by atoms with van der Waals surface area (Å²) in [6, 6.07) is 13.3. The lowest BCUT2D eigenvalue weighted by Crippen LogP contribution is -2.40. The number of nitrogens with one attached hydrogen (secondary N) is 1. The Morgan fingerprint density at radius 1 is 1.24 bits per heavy atom. The minimum Gasteiger partial charge on any atom is -0.493 e. The van der Waals surface area contributed by atoms with Crippen LogP contribution in [0.25, 0.3) is 0 Å². The molecule has 3 rings (SSSR count). The lowest BCUT2D eigenvalue weighted by atomic mass is 10.0. The highest BCUT2D eigenvalue weighted by Gasteiger charge is 2.19. The summed E-state index contributed by atoms with van der Waals surface area (Å²) in [4.78, 5) is 0. The minimum absolute atomic E-state index is 0.135. The van der Waals surface area contributed by atoms with Crippen LogP contribution in [0.3, 0.4) is 0 Å². The molecule has 1 unspecified atom stereocenters. The van der Waals surface area contributed by atoms with Gasteiger partial charge in [-0.3, -0.25) is 9.62 Å². The molecule has 29 heavy (non-hydrogen) atoms. The largest absolute Gasteiger partial charge is 0.493 e. The number of nitrogens with zero attached hydrogens (tertiary/aromatic N) is 1. The molecule has 1 aliphatic heterocycles. The van der Waals surface area contributed by atoms with Crippen molar-refractivity contribution in [3.8, 4) is 5.75 Å². The third-order valence-electron chi connectivity index (χ3n) is 5.12. The van der Waals surface area contributed by atoms with Gasteiger partial charge in [0.05, 0.1) is 18.6 Å². The Balaban J connectivity index is 1.96. The fraction of sp³-hybridized carbons (Fsp3) is 0.429. The van der Waals surface area contributed by atoms with Gasteiger partial charge in [0, 0.05) is 31.3 Å². The Bertz CT molecular complexity index is 949. The quantitative estimate of drug-likeness (QED) is 0.697. The van der Waals surface area contributed by atoms with Gasteiger partial charge in [0.2, 0.25) is 10.0 Å². The summed E-state index contributed by atoms with van der Waals surface area (Å²) in [5.41, 5.74) is 9.27. The van der Waals surface area contributed by atoms with Gasteiger partial charge in [0.15, 0.2) is 0 Å². The van der Waals surface area contributed by atoms with Crippen molar-refractivity contribution in [1.82, 2.24) is 5.32 Å². The smallest absolute Gasteiger partial charge is 0.231 e. The van der Waals surface area contributed by atoms with Crippen molar-refractivity contribution in [1.29, 1.82) is 0 Å².